The molecule has 5 rings (SSSR count). The van der Waals surface area contributed by atoms with E-state index in [9.17, 15) is 4.79 Å². The second-order valence-electron chi connectivity index (χ2n) is 10.2. The predicted octanol–water partition coefficient (Wildman–Crippen LogP) is 5.37. The maximum atomic E-state index is 13.7. The molecule has 33 heavy (non-hydrogen) atoms. The quantitative estimate of drug-likeness (QED) is 0.515. The van der Waals surface area contributed by atoms with Crippen LogP contribution in [-0.4, -0.2) is 52.4 Å². The minimum absolute atomic E-state index is 0.121. The monoisotopic (exact) mass is 443 g/mol. The average molecular weight is 444 g/mol. The molecule has 2 fully saturated rings. The number of pyridine rings is 1. The Balaban J connectivity index is 1.32. The summed E-state index contributed by atoms with van der Waals surface area (Å²) in [6, 6.07) is 17.1. The van der Waals surface area contributed by atoms with E-state index in [-0.39, 0.29) is 11.9 Å². The van der Waals surface area contributed by atoms with Crippen LogP contribution in [0.2, 0.25) is 0 Å². The van der Waals surface area contributed by atoms with Crippen molar-refractivity contribution in [2.45, 2.75) is 63.5 Å². The number of benzene rings is 1. The van der Waals surface area contributed by atoms with Crippen LogP contribution in [0.5, 0.6) is 0 Å². The lowest BCUT2D eigenvalue weighted by molar-refractivity contribution is 0.0468. The summed E-state index contributed by atoms with van der Waals surface area (Å²) in [7, 11) is 0. The van der Waals surface area contributed by atoms with Crippen LogP contribution in [0, 0.1) is 11.8 Å². The fourth-order valence-electron chi connectivity index (χ4n) is 5.82. The Hall–Kier alpha value is -2.46. The fourth-order valence-corrected chi connectivity index (χ4v) is 5.82. The van der Waals surface area contributed by atoms with Crippen LogP contribution in [0.3, 0.4) is 0 Å². The highest BCUT2D eigenvalue weighted by molar-refractivity contribution is 5.93. The molecular formula is C29H37N3O. The maximum absolute atomic E-state index is 13.7. The number of piperidine rings is 1. The zero-order valence-corrected chi connectivity index (χ0v) is 19.7. The second-order valence-corrected chi connectivity index (χ2v) is 10.2. The first-order valence-corrected chi connectivity index (χ1v) is 12.9. The predicted molar refractivity (Wildman–Crippen MR) is 133 cm³/mol. The zero-order valence-electron chi connectivity index (χ0n) is 19.7. The third-order valence-corrected chi connectivity index (χ3v) is 7.77. The van der Waals surface area contributed by atoms with Crippen LogP contribution >= 0.6 is 0 Å². The summed E-state index contributed by atoms with van der Waals surface area (Å²) in [5.41, 5.74) is 1.92. The van der Waals surface area contributed by atoms with Gasteiger partial charge in [-0.2, -0.15) is 0 Å². The van der Waals surface area contributed by atoms with Gasteiger partial charge in [0, 0.05) is 24.8 Å². The molecule has 2 aromatic rings. The van der Waals surface area contributed by atoms with Gasteiger partial charge >= 0.3 is 0 Å². The standard InChI is InChI=1S/C29H37N3O/c33-29(27-13-7-8-18-30-27)32(26-14-15-26)28(21-23-9-3-1-4-10-23)25-16-19-31(20-17-25)22-24-11-5-2-6-12-24/h1-5,7-10,13,18,24-26,28H,6,11-12,14-17,19-22H2/t24-,28+/m0/s1. The summed E-state index contributed by atoms with van der Waals surface area (Å²) in [5, 5.41) is 0. The van der Waals surface area contributed by atoms with Crippen LogP contribution in [0.25, 0.3) is 0 Å². The van der Waals surface area contributed by atoms with Crippen molar-refractivity contribution in [3.05, 3.63) is 78.1 Å². The van der Waals surface area contributed by atoms with Crippen LogP contribution in [-0.2, 0) is 6.42 Å². The molecule has 2 atom stereocenters. The number of hydrogen-bond donors (Lipinski definition) is 0. The highest BCUT2D eigenvalue weighted by Gasteiger charge is 2.42. The molecule has 0 unspecified atom stereocenters. The van der Waals surface area contributed by atoms with Crippen molar-refractivity contribution >= 4 is 5.91 Å². The number of carbonyl (C=O) groups excluding carboxylic acids is 1. The Morgan fingerprint density at radius 3 is 2.42 bits per heavy atom. The lowest BCUT2D eigenvalue weighted by atomic mass is 9.83. The SMILES string of the molecule is O=C(c1ccccn1)N(C1CC1)[C@H](Cc1ccccc1)C1CCN(C[C@H]2CC=CCC2)CC1. The van der Waals surface area contributed by atoms with Crippen LogP contribution in [0.15, 0.2) is 66.9 Å². The first-order valence-electron chi connectivity index (χ1n) is 12.9. The minimum atomic E-state index is 0.121. The van der Waals surface area contributed by atoms with Crippen molar-refractivity contribution in [1.29, 1.82) is 0 Å². The van der Waals surface area contributed by atoms with E-state index in [0.717, 1.165) is 38.3 Å². The summed E-state index contributed by atoms with van der Waals surface area (Å²) in [6.45, 7) is 3.55. The Kier molecular flexibility index (Phi) is 7.21. The first kappa shape index (κ1) is 22.3. The lowest BCUT2D eigenvalue weighted by Gasteiger charge is -2.42. The molecule has 0 radical (unpaired) electrons. The van der Waals surface area contributed by atoms with Gasteiger partial charge in [0.2, 0.25) is 0 Å². The molecule has 4 heteroatoms. The van der Waals surface area contributed by atoms with Crippen LogP contribution < -0.4 is 0 Å². The van der Waals surface area contributed by atoms with Crippen molar-refractivity contribution < 1.29 is 4.79 Å². The van der Waals surface area contributed by atoms with Gasteiger partial charge in [0.1, 0.15) is 5.69 Å². The molecule has 1 aliphatic heterocycles. The third-order valence-electron chi connectivity index (χ3n) is 7.77. The molecule has 1 aromatic heterocycles. The van der Waals surface area contributed by atoms with Gasteiger partial charge in [-0.25, -0.2) is 0 Å². The van der Waals surface area contributed by atoms with Gasteiger partial charge in [-0.1, -0.05) is 48.6 Å². The molecule has 0 bridgehead atoms. The molecule has 2 aliphatic carbocycles. The Labute approximate surface area is 198 Å². The number of likely N-dealkylation sites (tertiary alicyclic amines) is 1. The van der Waals surface area contributed by atoms with Gasteiger partial charge in [-0.05, 0) is 94.0 Å². The molecule has 1 amide bonds. The fraction of sp³-hybridized carbons (Fsp3) is 0.517. The van der Waals surface area contributed by atoms with Crippen molar-refractivity contribution in [3.8, 4) is 0 Å². The maximum Gasteiger partial charge on any atom is 0.272 e. The third kappa shape index (κ3) is 5.73. The normalized spacial score (nSPS) is 22.7. The van der Waals surface area contributed by atoms with E-state index in [1.807, 2.05) is 18.2 Å². The summed E-state index contributed by atoms with van der Waals surface area (Å²) >= 11 is 0. The van der Waals surface area contributed by atoms with Gasteiger partial charge in [0.15, 0.2) is 0 Å². The van der Waals surface area contributed by atoms with E-state index in [0.29, 0.717) is 17.7 Å². The van der Waals surface area contributed by atoms with Crippen molar-refractivity contribution in [2.24, 2.45) is 11.8 Å². The highest BCUT2D eigenvalue weighted by Crippen LogP contribution is 2.36. The smallest absolute Gasteiger partial charge is 0.272 e. The number of nitrogens with zero attached hydrogens (tertiary/aromatic N) is 3. The van der Waals surface area contributed by atoms with E-state index >= 15 is 0 Å². The molecular weight excluding hydrogens is 406 g/mol. The number of aromatic nitrogens is 1. The van der Waals surface area contributed by atoms with Gasteiger partial charge < -0.3 is 9.80 Å². The second kappa shape index (κ2) is 10.6. The minimum Gasteiger partial charge on any atom is -0.331 e. The molecule has 1 aromatic carbocycles. The van der Waals surface area contributed by atoms with Gasteiger partial charge in [0.25, 0.3) is 5.91 Å². The Morgan fingerprint density at radius 2 is 1.76 bits per heavy atom. The largest absolute Gasteiger partial charge is 0.331 e. The van der Waals surface area contributed by atoms with E-state index in [2.05, 4.69) is 57.3 Å². The molecule has 1 saturated carbocycles. The number of amides is 1. The van der Waals surface area contributed by atoms with Gasteiger partial charge in [-0.15, -0.1) is 0 Å². The van der Waals surface area contributed by atoms with Crippen molar-refractivity contribution in [3.63, 3.8) is 0 Å². The highest BCUT2D eigenvalue weighted by atomic mass is 16.2. The van der Waals surface area contributed by atoms with E-state index < -0.39 is 0 Å². The van der Waals surface area contributed by atoms with Crippen LogP contribution in [0.4, 0.5) is 0 Å². The van der Waals surface area contributed by atoms with Crippen molar-refractivity contribution in [1.82, 2.24) is 14.8 Å². The zero-order chi connectivity index (χ0) is 22.5. The molecule has 174 valence electrons. The number of allylic oxidation sites excluding steroid dienone is 2. The first-order chi connectivity index (χ1) is 16.3. The Bertz CT molecular complexity index is 916. The number of hydrogen-bond acceptors (Lipinski definition) is 3. The lowest BCUT2D eigenvalue weighted by Crippen LogP contribution is -2.50. The Morgan fingerprint density at radius 1 is 0.970 bits per heavy atom. The number of carbonyl (C=O) groups is 1. The van der Waals surface area contributed by atoms with Crippen molar-refractivity contribution in [2.75, 3.05) is 19.6 Å². The van der Waals surface area contributed by atoms with E-state index in [1.165, 1.54) is 44.2 Å². The summed E-state index contributed by atoms with van der Waals surface area (Å²) in [4.78, 5) is 23.0. The molecule has 3 aliphatic rings. The van der Waals surface area contributed by atoms with Crippen LogP contribution in [0.1, 0.15) is 61.0 Å². The summed E-state index contributed by atoms with van der Waals surface area (Å²) in [5.74, 6) is 1.48. The molecule has 4 nitrogen and oxygen atoms in total. The van der Waals surface area contributed by atoms with Gasteiger partial charge in [0.05, 0.1) is 0 Å². The number of rotatable bonds is 8. The average Bonchev–Trinajstić information content (AvgIpc) is 3.71. The molecule has 0 spiro atoms. The van der Waals surface area contributed by atoms with E-state index in [4.69, 9.17) is 0 Å². The summed E-state index contributed by atoms with van der Waals surface area (Å²) < 4.78 is 0. The summed E-state index contributed by atoms with van der Waals surface area (Å²) in [6.07, 6.45) is 15.8. The molecule has 2 heterocycles. The van der Waals surface area contributed by atoms with E-state index in [1.54, 1.807) is 6.20 Å². The van der Waals surface area contributed by atoms with Gasteiger partial charge in [-0.3, -0.25) is 9.78 Å². The molecule has 0 N–H and O–H groups in total. The molecule has 1 saturated heterocycles. The topological polar surface area (TPSA) is 36.4 Å².